The predicted octanol–water partition coefficient (Wildman–Crippen LogP) is 2.96. The third-order valence-electron chi connectivity index (χ3n) is 5.96. The number of carboxylic acid groups (broad SMARTS) is 1. The van der Waals surface area contributed by atoms with Gasteiger partial charge in [-0.3, -0.25) is 0 Å². The fourth-order valence-corrected chi connectivity index (χ4v) is 4.32. The van der Waals surface area contributed by atoms with Gasteiger partial charge in [0.15, 0.2) is 0 Å². The van der Waals surface area contributed by atoms with Crippen LogP contribution in [0.2, 0.25) is 5.02 Å². The Morgan fingerprint density at radius 2 is 2.12 bits per heavy atom. The third-order valence-corrected chi connectivity index (χ3v) is 6.25. The SMILES string of the molecule is CC(C)C1COc2cc(OCCCN3CCOC3=O)c(Cl)cc2C2=CC(O)C(C(=O)O)=CN21. The van der Waals surface area contributed by atoms with Crippen LogP contribution in [-0.2, 0) is 9.53 Å². The highest BCUT2D eigenvalue weighted by atomic mass is 35.5. The molecule has 0 spiro atoms. The summed E-state index contributed by atoms with van der Waals surface area (Å²) in [6.07, 6.45) is 2.05. The van der Waals surface area contributed by atoms with Gasteiger partial charge in [-0.25, -0.2) is 9.59 Å². The monoisotopic (exact) mass is 478 g/mol. The molecule has 3 aliphatic rings. The van der Waals surface area contributed by atoms with Crippen LogP contribution in [-0.4, -0.2) is 77.1 Å². The van der Waals surface area contributed by atoms with Gasteiger partial charge in [0, 0.05) is 24.4 Å². The highest BCUT2D eigenvalue weighted by Gasteiger charge is 2.35. The summed E-state index contributed by atoms with van der Waals surface area (Å²) >= 11 is 6.51. The number of halogens is 1. The van der Waals surface area contributed by atoms with Crippen molar-refractivity contribution < 1.29 is 34.0 Å². The van der Waals surface area contributed by atoms with Gasteiger partial charge in [0.25, 0.3) is 0 Å². The van der Waals surface area contributed by atoms with Crippen molar-refractivity contribution in [2.75, 3.05) is 32.9 Å². The van der Waals surface area contributed by atoms with Crippen molar-refractivity contribution >= 4 is 29.4 Å². The first kappa shape index (κ1) is 23.3. The van der Waals surface area contributed by atoms with Crippen molar-refractivity contribution in [3.05, 3.63) is 40.6 Å². The average molecular weight is 479 g/mol. The van der Waals surface area contributed by atoms with Crippen molar-refractivity contribution in [3.63, 3.8) is 0 Å². The summed E-state index contributed by atoms with van der Waals surface area (Å²) in [6.45, 7) is 6.26. The summed E-state index contributed by atoms with van der Waals surface area (Å²) in [7, 11) is 0. The summed E-state index contributed by atoms with van der Waals surface area (Å²) in [5.41, 5.74) is 1.19. The molecule has 0 bridgehead atoms. The van der Waals surface area contributed by atoms with Gasteiger partial charge in [-0.05, 0) is 24.5 Å². The van der Waals surface area contributed by atoms with E-state index >= 15 is 0 Å². The number of carbonyl (C=O) groups is 2. The number of fused-ring (bicyclic) bond motifs is 3. The fraction of sp³-hybridized carbons (Fsp3) is 0.478. The molecule has 2 N–H and O–H groups in total. The van der Waals surface area contributed by atoms with E-state index in [0.717, 1.165) is 0 Å². The van der Waals surface area contributed by atoms with Gasteiger partial charge >= 0.3 is 12.1 Å². The molecule has 1 amide bonds. The van der Waals surface area contributed by atoms with Gasteiger partial charge in [0.2, 0.25) is 0 Å². The van der Waals surface area contributed by atoms with Gasteiger partial charge < -0.3 is 34.2 Å². The van der Waals surface area contributed by atoms with Crippen molar-refractivity contribution in [1.82, 2.24) is 9.80 Å². The predicted molar refractivity (Wildman–Crippen MR) is 120 cm³/mol. The summed E-state index contributed by atoms with van der Waals surface area (Å²) in [4.78, 5) is 26.6. The number of amides is 1. The summed E-state index contributed by atoms with van der Waals surface area (Å²) in [6, 6.07) is 3.28. The van der Waals surface area contributed by atoms with E-state index in [2.05, 4.69) is 0 Å². The van der Waals surface area contributed by atoms with E-state index in [4.69, 9.17) is 25.8 Å². The van der Waals surface area contributed by atoms with Crippen LogP contribution in [0.3, 0.4) is 0 Å². The molecule has 2 unspecified atom stereocenters. The first-order valence-electron chi connectivity index (χ1n) is 10.9. The Morgan fingerprint density at radius 3 is 2.79 bits per heavy atom. The van der Waals surface area contributed by atoms with Crippen molar-refractivity contribution in [3.8, 4) is 11.5 Å². The minimum absolute atomic E-state index is 0.0965. The third kappa shape index (κ3) is 4.74. The van der Waals surface area contributed by atoms with Crippen LogP contribution in [0.1, 0.15) is 25.8 Å². The van der Waals surface area contributed by atoms with E-state index in [1.54, 1.807) is 17.0 Å². The van der Waals surface area contributed by atoms with Crippen molar-refractivity contribution in [1.29, 1.82) is 0 Å². The molecule has 1 fully saturated rings. The molecular weight excluding hydrogens is 452 g/mol. The zero-order valence-corrected chi connectivity index (χ0v) is 19.2. The van der Waals surface area contributed by atoms with Crippen molar-refractivity contribution in [2.45, 2.75) is 32.4 Å². The molecule has 4 rings (SSSR count). The quantitative estimate of drug-likeness (QED) is 0.576. The van der Waals surface area contributed by atoms with Crippen LogP contribution >= 0.6 is 11.6 Å². The summed E-state index contributed by atoms with van der Waals surface area (Å²) in [5.74, 6) is -0.0358. The van der Waals surface area contributed by atoms with E-state index in [1.807, 2.05) is 18.7 Å². The minimum Gasteiger partial charge on any atom is -0.492 e. The van der Waals surface area contributed by atoms with E-state index in [-0.39, 0.29) is 23.6 Å². The number of hydrogen-bond donors (Lipinski definition) is 2. The maximum absolute atomic E-state index is 11.6. The summed E-state index contributed by atoms with van der Waals surface area (Å²) in [5, 5.41) is 20.2. The number of cyclic esters (lactones) is 1. The first-order chi connectivity index (χ1) is 15.8. The van der Waals surface area contributed by atoms with Crippen LogP contribution < -0.4 is 9.47 Å². The highest BCUT2D eigenvalue weighted by Crippen LogP contribution is 2.42. The number of nitrogens with zero attached hydrogens (tertiary/aromatic N) is 2. The van der Waals surface area contributed by atoms with Crippen LogP contribution in [0, 0.1) is 5.92 Å². The van der Waals surface area contributed by atoms with E-state index < -0.39 is 12.1 Å². The Labute approximate surface area is 196 Å². The molecule has 9 nitrogen and oxygen atoms in total. The van der Waals surface area contributed by atoms with Crippen molar-refractivity contribution in [2.24, 2.45) is 5.92 Å². The number of aliphatic hydroxyl groups excluding tert-OH is 1. The molecule has 2 atom stereocenters. The second-order valence-electron chi connectivity index (χ2n) is 8.50. The Balaban J connectivity index is 1.56. The first-order valence-corrected chi connectivity index (χ1v) is 11.3. The van der Waals surface area contributed by atoms with Gasteiger partial charge in [-0.2, -0.15) is 0 Å². The van der Waals surface area contributed by atoms with Crippen LogP contribution in [0.15, 0.2) is 30.0 Å². The van der Waals surface area contributed by atoms with Crippen LogP contribution in [0.25, 0.3) is 5.70 Å². The molecule has 10 heteroatoms. The van der Waals surface area contributed by atoms with Gasteiger partial charge in [-0.15, -0.1) is 0 Å². The normalized spacial score (nSPS) is 22.0. The lowest BCUT2D eigenvalue weighted by molar-refractivity contribution is -0.133. The van der Waals surface area contributed by atoms with Crippen LogP contribution in [0.4, 0.5) is 4.79 Å². The lowest BCUT2D eigenvalue weighted by Crippen LogP contribution is -2.40. The molecule has 0 radical (unpaired) electrons. The Bertz CT molecular complexity index is 1010. The lowest BCUT2D eigenvalue weighted by Gasteiger charge is -2.36. The second-order valence-corrected chi connectivity index (χ2v) is 8.91. The summed E-state index contributed by atoms with van der Waals surface area (Å²) < 4.78 is 16.9. The Morgan fingerprint density at radius 1 is 1.33 bits per heavy atom. The van der Waals surface area contributed by atoms with Gasteiger partial charge in [-0.1, -0.05) is 25.4 Å². The molecule has 3 heterocycles. The highest BCUT2D eigenvalue weighted by molar-refractivity contribution is 6.32. The molecule has 0 aliphatic carbocycles. The number of rotatable bonds is 7. The zero-order chi connectivity index (χ0) is 23.7. The number of carboxylic acids is 1. The maximum atomic E-state index is 11.6. The topological polar surface area (TPSA) is 109 Å². The van der Waals surface area contributed by atoms with E-state index in [1.165, 1.54) is 12.3 Å². The molecule has 0 saturated carbocycles. The molecular formula is C23H27ClN2O7. The van der Waals surface area contributed by atoms with E-state index in [0.29, 0.717) is 67.1 Å². The van der Waals surface area contributed by atoms with Crippen LogP contribution in [0.5, 0.6) is 11.5 Å². The molecule has 33 heavy (non-hydrogen) atoms. The Kier molecular flexibility index (Phi) is 6.71. The molecule has 0 aromatic heterocycles. The van der Waals surface area contributed by atoms with Gasteiger partial charge in [0.05, 0.1) is 35.5 Å². The largest absolute Gasteiger partial charge is 0.492 e. The Hall–Kier alpha value is -2.91. The molecule has 3 aliphatic heterocycles. The number of carbonyl (C=O) groups excluding carboxylic acids is 1. The minimum atomic E-state index is -1.25. The maximum Gasteiger partial charge on any atom is 0.409 e. The molecule has 178 valence electrons. The number of ether oxygens (including phenoxy) is 3. The molecule has 1 aromatic rings. The zero-order valence-electron chi connectivity index (χ0n) is 18.5. The number of benzene rings is 1. The standard InChI is InChI=1S/C23H27ClN2O7/c1-13(2)18-12-33-20-10-21(31-6-3-4-25-5-7-32-23(25)30)16(24)8-14(20)17-9-19(27)15(22(28)29)11-26(17)18/h8-11,13,18-19,27H,3-7,12H2,1-2H3,(H,28,29). The number of aliphatic carboxylic acids is 1. The van der Waals surface area contributed by atoms with Gasteiger partial charge in [0.1, 0.15) is 30.8 Å². The molecule has 1 saturated heterocycles. The lowest BCUT2D eigenvalue weighted by atomic mass is 9.96. The fourth-order valence-electron chi connectivity index (χ4n) is 4.11. The second kappa shape index (κ2) is 9.52. The molecule has 1 aromatic carbocycles. The average Bonchev–Trinajstić information content (AvgIpc) is 3.10. The van der Waals surface area contributed by atoms with E-state index in [9.17, 15) is 19.8 Å². The number of hydrogen-bond acceptors (Lipinski definition) is 7. The number of aliphatic hydroxyl groups is 1. The smallest absolute Gasteiger partial charge is 0.409 e.